The van der Waals surface area contributed by atoms with E-state index >= 15 is 0 Å². The van der Waals surface area contributed by atoms with Gasteiger partial charge in [-0.25, -0.2) is 9.37 Å². The molecule has 1 aliphatic heterocycles. The quantitative estimate of drug-likeness (QED) is 0.847. The average molecular weight is 370 g/mol. The van der Waals surface area contributed by atoms with Crippen LogP contribution >= 0.6 is 0 Å². The second-order valence-corrected chi connectivity index (χ2v) is 7.27. The highest BCUT2D eigenvalue weighted by atomic mass is 19.1. The molecule has 0 saturated carbocycles. The van der Waals surface area contributed by atoms with Crippen molar-refractivity contribution in [2.24, 2.45) is 5.92 Å². The number of rotatable bonds is 6. The minimum absolute atomic E-state index is 0.0842. The Kier molecular flexibility index (Phi) is 6.27. The number of amides is 1. The van der Waals surface area contributed by atoms with Gasteiger partial charge in [-0.1, -0.05) is 26.0 Å². The number of pyridine rings is 1. The molecule has 0 unspecified atom stereocenters. The number of carbonyl (C=O) groups is 1. The van der Waals surface area contributed by atoms with Gasteiger partial charge >= 0.3 is 0 Å². The van der Waals surface area contributed by atoms with Gasteiger partial charge in [-0.05, 0) is 36.6 Å². The Labute approximate surface area is 160 Å². The molecule has 0 radical (unpaired) electrons. The zero-order chi connectivity index (χ0) is 19.2. The number of para-hydroxylation sites is 1. The lowest BCUT2D eigenvalue weighted by Gasteiger charge is -2.36. The highest BCUT2D eigenvalue weighted by Crippen LogP contribution is 2.22. The van der Waals surface area contributed by atoms with Crippen molar-refractivity contribution in [3.8, 4) is 0 Å². The lowest BCUT2D eigenvalue weighted by molar-refractivity contribution is 0.0951. The minimum Gasteiger partial charge on any atom is -0.366 e. The van der Waals surface area contributed by atoms with Crippen LogP contribution in [-0.4, -0.2) is 43.6 Å². The molecule has 0 spiro atoms. The van der Waals surface area contributed by atoms with E-state index in [1.54, 1.807) is 12.3 Å². The molecule has 1 N–H and O–H groups in total. The Morgan fingerprint density at radius 3 is 2.44 bits per heavy atom. The van der Waals surface area contributed by atoms with E-state index in [1.807, 2.05) is 24.3 Å². The number of nitrogens with zero attached hydrogens (tertiary/aromatic N) is 3. The summed E-state index contributed by atoms with van der Waals surface area (Å²) in [6.07, 6.45) is 2.59. The number of hydrogen-bond acceptors (Lipinski definition) is 4. The van der Waals surface area contributed by atoms with Gasteiger partial charge in [0.05, 0.1) is 11.3 Å². The molecule has 1 amide bonds. The van der Waals surface area contributed by atoms with Crippen LogP contribution in [-0.2, 0) is 0 Å². The Balaban J connectivity index is 1.54. The Hall–Kier alpha value is -2.63. The highest BCUT2D eigenvalue weighted by Gasteiger charge is 2.20. The topological polar surface area (TPSA) is 48.5 Å². The van der Waals surface area contributed by atoms with Crippen LogP contribution in [0, 0.1) is 11.7 Å². The molecule has 1 saturated heterocycles. The van der Waals surface area contributed by atoms with E-state index in [0.717, 1.165) is 38.4 Å². The largest absolute Gasteiger partial charge is 0.366 e. The maximum absolute atomic E-state index is 13.9. The number of aromatic nitrogens is 1. The first-order valence-electron chi connectivity index (χ1n) is 9.53. The van der Waals surface area contributed by atoms with Gasteiger partial charge in [0.15, 0.2) is 0 Å². The third-order valence-electron chi connectivity index (χ3n) is 4.81. The first-order valence-corrected chi connectivity index (χ1v) is 9.53. The van der Waals surface area contributed by atoms with Gasteiger partial charge in [-0.15, -0.1) is 0 Å². The van der Waals surface area contributed by atoms with Crippen LogP contribution in [0.1, 0.15) is 30.6 Å². The molecule has 3 rings (SSSR count). The van der Waals surface area contributed by atoms with E-state index < -0.39 is 0 Å². The highest BCUT2D eigenvalue weighted by molar-refractivity contribution is 5.94. The van der Waals surface area contributed by atoms with Crippen LogP contribution in [0.4, 0.5) is 15.9 Å². The summed E-state index contributed by atoms with van der Waals surface area (Å²) >= 11 is 0. The van der Waals surface area contributed by atoms with Gasteiger partial charge in [0.1, 0.15) is 11.6 Å². The molecule has 144 valence electrons. The minimum atomic E-state index is -0.183. The van der Waals surface area contributed by atoms with Gasteiger partial charge in [0, 0.05) is 38.9 Å². The lowest BCUT2D eigenvalue weighted by Crippen LogP contribution is -2.47. The molecular formula is C21H27FN4O. The van der Waals surface area contributed by atoms with Crippen LogP contribution in [0.3, 0.4) is 0 Å². The van der Waals surface area contributed by atoms with Crippen LogP contribution in [0.25, 0.3) is 0 Å². The third-order valence-corrected chi connectivity index (χ3v) is 4.81. The molecule has 0 aliphatic carbocycles. The zero-order valence-electron chi connectivity index (χ0n) is 16.0. The van der Waals surface area contributed by atoms with Gasteiger partial charge in [0.2, 0.25) is 0 Å². The van der Waals surface area contributed by atoms with Gasteiger partial charge < -0.3 is 15.1 Å². The van der Waals surface area contributed by atoms with Crippen molar-refractivity contribution < 1.29 is 9.18 Å². The number of anilines is 2. The second kappa shape index (κ2) is 8.84. The van der Waals surface area contributed by atoms with Crippen molar-refractivity contribution in [1.29, 1.82) is 0 Å². The van der Waals surface area contributed by atoms with E-state index in [2.05, 4.69) is 33.9 Å². The van der Waals surface area contributed by atoms with Crippen molar-refractivity contribution in [3.05, 3.63) is 54.0 Å². The summed E-state index contributed by atoms with van der Waals surface area (Å²) in [7, 11) is 0. The van der Waals surface area contributed by atoms with Crippen molar-refractivity contribution in [1.82, 2.24) is 10.3 Å². The van der Waals surface area contributed by atoms with Crippen LogP contribution in [0.15, 0.2) is 42.6 Å². The molecule has 6 heteroatoms. The molecular weight excluding hydrogens is 343 g/mol. The number of hydrogen-bond donors (Lipinski definition) is 1. The molecule has 5 nitrogen and oxygen atoms in total. The van der Waals surface area contributed by atoms with E-state index in [4.69, 9.17) is 0 Å². The van der Waals surface area contributed by atoms with Crippen LogP contribution in [0.2, 0.25) is 0 Å². The smallest absolute Gasteiger partial charge is 0.252 e. The van der Waals surface area contributed by atoms with E-state index in [1.165, 1.54) is 6.07 Å². The standard InChI is InChI=1S/C21H27FN4O/c1-16(2)9-10-23-21(27)17-7-8-20(24-15-17)26-13-11-25(12-14-26)19-6-4-3-5-18(19)22/h3-8,15-16H,9-14H2,1-2H3,(H,23,27). The van der Waals surface area contributed by atoms with Crippen molar-refractivity contribution in [2.45, 2.75) is 20.3 Å². The SMILES string of the molecule is CC(C)CCNC(=O)c1ccc(N2CCN(c3ccccc3F)CC2)nc1. The summed E-state index contributed by atoms with van der Waals surface area (Å²) in [4.78, 5) is 20.8. The first-order chi connectivity index (χ1) is 13.0. The van der Waals surface area contributed by atoms with Crippen molar-refractivity contribution >= 4 is 17.4 Å². The Bertz CT molecular complexity index is 755. The molecule has 27 heavy (non-hydrogen) atoms. The summed E-state index contributed by atoms with van der Waals surface area (Å²) < 4.78 is 13.9. The first kappa shape index (κ1) is 19.1. The predicted octanol–water partition coefficient (Wildman–Crippen LogP) is 3.32. The molecule has 1 aromatic carbocycles. The fourth-order valence-corrected chi connectivity index (χ4v) is 3.17. The second-order valence-electron chi connectivity index (χ2n) is 7.27. The summed E-state index contributed by atoms with van der Waals surface area (Å²) in [6, 6.07) is 10.6. The summed E-state index contributed by atoms with van der Waals surface area (Å²) in [5, 5.41) is 2.92. The maximum Gasteiger partial charge on any atom is 0.252 e. The molecule has 0 bridgehead atoms. The summed E-state index contributed by atoms with van der Waals surface area (Å²) in [5.74, 6) is 1.15. The molecule has 1 fully saturated rings. The number of benzene rings is 1. The summed E-state index contributed by atoms with van der Waals surface area (Å²) in [5.41, 5.74) is 1.23. The number of carbonyl (C=O) groups excluding carboxylic acids is 1. The van der Waals surface area contributed by atoms with Gasteiger partial charge in [-0.2, -0.15) is 0 Å². The average Bonchev–Trinajstić information content (AvgIpc) is 2.68. The molecule has 0 atom stereocenters. The van der Waals surface area contributed by atoms with Crippen molar-refractivity contribution in [3.63, 3.8) is 0 Å². The molecule has 1 aliphatic rings. The Morgan fingerprint density at radius 1 is 1.11 bits per heavy atom. The number of nitrogens with one attached hydrogen (secondary N) is 1. The van der Waals surface area contributed by atoms with Gasteiger partial charge in [-0.3, -0.25) is 4.79 Å². The molecule has 2 heterocycles. The Morgan fingerprint density at radius 2 is 1.81 bits per heavy atom. The van der Waals surface area contributed by atoms with E-state index in [-0.39, 0.29) is 11.7 Å². The monoisotopic (exact) mass is 370 g/mol. The predicted molar refractivity (Wildman–Crippen MR) is 107 cm³/mol. The van der Waals surface area contributed by atoms with E-state index in [0.29, 0.717) is 23.7 Å². The lowest BCUT2D eigenvalue weighted by atomic mass is 10.1. The normalized spacial score (nSPS) is 14.5. The maximum atomic E-state index is 13.9. The molecule has 1 aromatic heterocycles. The van der Waals surface area contributed by atoms with Crippen LogP contribution < -0.4 is 15.1 Å². The van der Waals surface area contributed by atoms with Gasteiger partial charge in [0.25, 0.3) is 5.91 Å². The van der Waals surface area contributed by atoms with Crippen LogP contribution in [0.5, 0.6) is 0 Å². The number of halogens is 1. The summed E-state index contributed by atoms with van der Waals surface area (Å²) in [6.45, 7) is 7.95. The zero-order valence-corrected chi connectivity index (χ0v) is 16.0. The fraction of sp³-hybridized carbons (Fsp3) is 0.429. The fourth-order valence-electron chi connectivity index (χ4n) is 3.17. The third kappa shape index (κ3) is 4.96. The molecule has 2 aromatic rings. The van der Waals surface area contributed by atoms with Crippen molar-refractivity contribution in [2.75, 3.05) is 42.5 Å². The number of piperazine rings is 1. The van der Waals surface area contributed by atoms with E-state index in [9.17, 15) is 9.18 Å².